The molecular formula is C20H29N5O4S. The minimum Gasteiger partial charge on any atom is -0.332 e. The van der Waals surface area contributed by atoms with Gasteiger partial charge in [-0.05, 0) is 38.5 Å². The summed E-state index contributed by atoms with van der Waals surface area (Å²) in [6, 6.07) is -0.262. The number of hydrogen-bond donors (Lipinski definition) is 1. The van der Waals surface area contributed by atoms with E-state index in [9.17, 15) is 18.0 Å². The number of aromatic nitrogens is 2. The predicted molar refractivity (Wildman–Crippen MR) is 112 cm³/mol. The third-order valence-corrected chi connectivity index (χ3v) is 8.20. The number of likely N-dealkylation sites (tertiary alicyclic amines) is 1. The van der Waals surface area contributed by atoms with Gasteiger partial charge >= 0.3 is 0 Å². The van der Waals surface area contributed by atoms with Crippen LogP contribution in [0.15, 0.2) is 16.9 Å². The minimum absolute atomic E-state index is 0.0133. The molecule has 3 aliphatic rings. The molecule has 0 saturated carbocycles. The molecule has 1 aromatic rings. The van der Waals surface area contributed by atoms with Gasteiger partial charge in [-0.3, -0.25) is 9.59 Å². The first-order valence-electron chi connectivity index (χ1n) is 10.5. The van der Waals surface area contributed by atoms with Gasteiger partial charge in [0.1, 0.15) is 5.82 Å². The fraction of sp³-hybridized carbons (Fsp3) is 0.650. The number of aromatic amines is 1. The molecule has 1 aliphatic carbocycles. The number of fused-ring (bicyclic) bond motifs is 1. The Bertz CT molecular complexity index is 1020. The van der Waals surface area contributed by atoms with Gasteiger partial charge in [-0.2, -0.15) is 17.0 Å². The third-order valence-electron chi connectivity index (χ3n) is 6.31. The lowest BCUT2D eigenvalue weighted by molar-refractivity contribution is -0.136. The van der Waals surface area contributed by atoms with Gasteiger partial charge in [0.15, 0.2) is 0 Å². The van der Waals surface area contributed by atoms with Gasteiger partial charge in [-0.25, -0.2) is 4.98 Å². The molecule has 1 N–H and O–H groups in total. The van der Waals surface area contributed by atoms with Crippen LogP contribution in [0.2, 0.25) is 0 Å². The molecule has 0 bridgehead atoms. The molecule has 2 atom stereocenters. The number of rotatable bonds is 4. The maximum absolute atomic E-state index is 13.1. The summed E-state index contributed by atoms with van der Waals surface area (Å²) in [6.07, 6.45) is 8.64. The SMILES string of the molecule is CN(C)S(=O)(=O)N1CCc2c(nc([C@H]3CCCN3C(=O)[C@H]3CC=CCC3)[nH]c2=O)C1. The van der Waals surface area contributed by atoms with E-state index in [1.807, 2.05) is 4.90 Å². The highest BCUT2D eigenvalue weighted by atomic mass is 32.2. The van der Waals surface area contributed by atoms with Crippen molar-refractivity contribution in [2.45, 2.75) is 51.1 Å². The number of allylic oxidation sites excluding steroid dienone is 2. The number of amides is 1. The molecular weight excluding hydrogens is 406 g/mol. The van der Waals surface area contributed by atoms with Crippen LogP contribution in [-0.2, 0) is 28.0 Å². The molecule has 1 saturated heterocycles. The number of carbonyl (C=O) groups excluding carboxylic acids is 1. The second-order valence-electron chi connectivity index (χ2n) is 8.42. The van der Waals surface area contributed by atoms with E-state index in [2.05, 4.69) is 22.1 Å². The molecule has 0 spiro atoms. The fourth-order valence-electron chi connectivity index (χ4n) is 4.59. The third kappa shape index (κ3) is 3.83. The van der Waals surface area contributed by atoms with E-state index in [4.69, 9.17) is 0 Å². The largest absolute Gasteiger partial charge is 0.332 e. The first kappa shape index (κ1) is 21.2. The van der Waals surface area contributed by atoms with E-state index in [1.165, 1.54) is 22.7 Å². The van der Waals surface area contributed by atoms with Crippen LogP contribution >= 0.6 is 0 Å². The second kappa shape index (κ2) is 8.24. The van der Waals surface area contributed by atoms with Crippen molar-refractivity contribution in [3.05, 3.63) is 39.6 Å². The van der Waals surface area contributed by atoms with E-state index in [0.717, 1.165) is 32.1 Å². The highest BCUT2D eigenvalue weighted by Gasteiger charge is 2.37. The summed E-state index contributed by atoms with van der Waals surface area (Å²) < 4.78 is 27.5. The number of H-pyrrole nitrogens is 1. The Balaban J connectivity index is 1.61. The molecule has 3 heterocycles. The zero-order chi connectivity index (χ0) is 21.5. The second-order valence-corrected chi connectivity index (χ2v) is 10.6. The topological polar surface area (TPSA) is 107 Å². The lowest BCUT2D eigenvalue weighted by Crippen LogP contribution is -2.45. The predicted octanol–water partition coefficient (Wildman–Crippen LogP) is 0.954. The molecule has 2 aliphatic heterocycles. The van der Waals surface area contributed by atoms with Crippen molar-refractivity contribution < 1.29 is 13.2 Å². The van der Waals surface area contributed by atoms with Crippen molar-refractivity contribution >= 4 is 16.1 Å². The van der Waals surface area contributed by atoms with Crippen molar-refractivity contribution in [1.29, 1.82) is 0 Å². The summed E-state index contributed by atoms with van der Waals surface area (Å²) in [7, 11) is -0.603. The molecule has 4 rings (SSSR count). The van der Waals surface area contributed by atoms with Crippen molar-refractivity contribution in [1.82, 2.24) is 23.5 Å². The average Bonchev–Trinajstić information content (AvgIpc) is 3.23. The van der Waals surface area contributed by atoms with E-state index in [1.54, 1.807) is 0 Å². The Hall–Kier alpha value is -2.04. The molecule has 164 valence electrons. The summed E-state index contributed by atoms with van der Waals surface area (Å²) in [6.45, 7) is 0.980. The van der Waals surface area contributed by atoms with Gasteiger partial charge in [-0.15, -0.1) is 0 Å². The van der Waals surface area contributed by atoms with E-state index >= 15 is 0 Å². The fourth-order valence-corrected chi connectivity index (χ4v) is 5.66. The highest BCUT2D eigenvalue weighted by Crippen LogP contribution is 2.33. The Morgan fingerprint density at radius 2 is 2.03 bits per heavy atom. The monoisotopic (exact) mass is 435 g/mol. The van der Waals surface area contributed by atoms with Crippen LogP contribution in [-0.4, -0.2) is 65.0 Å². The van der Waals surface area contributed by atoms with Crippen molar-refractivity contribution in [2.75, 3.05) is 27.2 Å². The van der Waals surface area contributed by atoms with Gasteiger partial charge in [0, 0.05) is 38.7 Å². The van der Waals surface area contributed by atoms with Crippen molar-refractivity contribution in [3.8, 4) is 0 Å². The van der Waals surface area contributed by atoms with Gasteiger partial charge in [0.05, 0.1) is 18.3 Å². The number of carbonyl (C=O) groups is 1. The maximum atomic E-state index is 13.1. The molecule has 9 nitrogen and oxygen atoms in total. The lowest BCUT2D eigenvalue weighted by atomic mass is 9.93. The highest BCUT2D eigenvalue weighted by molar-refractivity contribution is 7.86. The molecule has 1 amide bonds. The quantitative estimate of drug-likeness (QED) is 0.709. The maximum Gasteiger partial charge on any atom is 0.281 e. The first-order valence-corrected chi connectivity index (χ1v) is 11.9. The Kier molecular flexibility index (Phi) is 5.82. The van der Waals surface area contributed by atoms with Crippen LogP contribution in [0.25, 0.3) is 0 Å². The molecule has 10 heteroatoms. The van der Waals surface area contributed by atoms with Crippen LogP contribution in [0.5, 0.6) is 0 Å². The average molecular weight is 436 g/mol. The van der Waals surface area contributed by atoms with E-state index in [-0.39, 0.29) is 36.5 Å². The summed E-state index contributed by atoms with van der Waals surface area (Å²) in [5.41, 5.74) is 0.805. The zero-order valence-corrected chi connectivity index (χ0v) is 18.3. The smallest absolute Gasteiger partial charge is 0.281 e. The zero-order valence-electron chi connectivity index (χ0n) is 17.5. The summed E-state index contributed by atoms with van der Waals surface area (Å²) in [5, 5.41) is 0. The summed E-state index contributed by atoms with van der Waals surface area (Å²) in [5.74, 6) is 0.583. The Morgan fingerprint density at radius 1 is 1.23 bits per heavy atom. The summed E-state index contributed by atoms with van der Waals surface area (Å²) in [4.78, 5) is 35.2. The molecule has 0 aromatic carbocycles. The number of nitrogens with one attached hydrogen (secondary N) is 1. The van der Waals surface area contributed by atoms with Crippen LogP contribution < -0.4 is 5.56 Å². The van der Waals surface area contributed by atoms with Gasteiger partial charge in [0.25, 0.3) is 15.8 Å². The number of hydrogen-bond acceptors (Lipinski definition) is 5. The molecule has 0 unspecified atom stereocenters. The molecule has 0 radical (unpaired) electrons. The molecule has 1 aromatic heterocycles. The molecule has 30 heavy (non-hydrogen) atoms. The van der Waals surface area contributed by atoms with Crippen LogP contribution in [0.3, 0.4) is 0 Å². The standard InChI is InChI=1S/C20H29N5O4S/c1-23(2)30(28,29)24-12-10-15-16(13-24)21-18(22-19(15)26)17-9-6-11-25(17)20(27)14-7-4-3-5-8-14/h3-4,14,17H,5-13H2,1-2H3,(H,21,22,26)/t14-,17+/m0/s1. The molecule has 1 fully saturated rings. The van der Waals surface area contributed by atoms with E-state index in [0.29, 0.717) is 30.0 Å². The summed E-state index contributed by atoms with van der Waals surface area (Å²) >= 11 is 0. The first-order chi connectivity index (χ1) is 14.3. The van der Waals surface area contributed by atoms with Crippen LogP contribution in [0.1, 0.15) is 55.2 Å². The lowest BCUT2D eigenvalue weighted by Gasteiger charge is -2.31. The van der Waals surface area contributed by atoms with E-state index < -0.39 is 10.2 Å². The van der Waals surface area contributed by atoms with Crippen LogP contribution in [0, 0.1) is 5.92 Å². The Labute approximate surface area is 177 Å². The van der Waals surface area contributed by atoms with Gasteiger partial charge < -0.3 is 9.88 Å². The van der Waals surface area contributed by atoms with Gasteiger partial charge in [0.2, 0.25) is 5.91 Å². The minimum atomic E-state index is -3.58. The van der Waals surface area contributed by atoms with Crippen molar-refractivity contribution in [2.24, 2.45) is 5.92 Å². The van der Waals surface area contributed by atoms with Crippen molar-refractivity contribution in [3.63, 3.8) is 0 Å². The normalized spacial score (nSPS) is 25.0. The van der Waals surface area contributed by atoms with Gasteiger partial charge in [-0.1, -0.05) is 12.2 Å². The number of nitrogens with zero attached hydrogens (tertiary/aromatic N) is 4. The Morgan fingerprint density at radius 3 is 2.73 bits per heavy atom. The van der Waals surface area contributed by atoms with Crippen LogP contribution in [0.4, 0.5) is 0 Å².